The fraction of sp³-hybridized carbons (Fsp3) is 0.625. The van der Waals surface area contributed by atoms with Gasteiger partial charge in [-0.1, -0.05) is 18.6 Å². The molecule has 2 atom stereocenters. The number of hydrogen-bond acceptors (Lipinski definition) is 4. The Morgan fingerprint density at radius 2 is 1.97 bits per heavy atom. The van der Waals surface area contributed by atoms with Crippen molar-refractivity contribution >= 4 is 5.91 Å². The van der Waals surface area contributed by atoms with Crippen molar-refractivity contribution in [1.82, 2.24) is 10.2 Å². The highest BCUT2D eigenvalue weighted by Gasteiger charge is 2.44. The van der Waals surface area contributed by atoms with Gasteiger partial charge in [0.05, 0.1) is 6.26 Å². The molecule has 1 amide bonds. The van der Waals surface area contributed by atoms with Gasteiger partial charge >= 0.3 is 6.18 Å². The van der Waals surface area contributed by atoms with Gasteiger partial charge < -0.3 is 14.8 Å². The number of hydrogen-bond donors (Lipinski definition) is 2. The van der Waals surface area contributed by atoms with Gasteiger partial charge in [0, 0.05) is 23.2 Å². The first-order valence-corrected chi connectivity index (χ1v) is 11.6. The van der Waals surface area contributed by atoms with E-state index in [1.165, 1.54) is 18.4 Å². The van der Waals surface area contributed by atoms with E-state index in [1.54, 1.807) is 0 Å². The van der Waals surface area contributed by atoms with Crippen molar-refractivity contribution in [3.63, 3.8) is 0 Å². The Bertz CT molecular complexity index is 860. The van der Waals surface area contributed by atoms with Crippen LogP contribution in [0.1, 0.15) is 63.0 Å². The number of halogens is 3. The van der Waals surface area contributed by atoms with Crippen molar-refractivity contribution in [3.05, 3.63) is 36.1 Å². The SMILES string of the molecule is O=C(N[C@H]1CC[C@H](CCN2CCCCC2c2coc3cccc-3c2)CC1)C(O)C(F)(F)F. The van der Waals surface area contributed by atoms with Crippen LogP contribution in [0.15, 0.2) is 34.9 Å². The normalized spacial score (nSPS) is 26.2. The maximum Gasteiger partial charge on any atom is 0.423 e. The Balaban J connectivity index is 1.26. The summed E-state index contributed by atoms with van der Waals surface area (Å²) in [5.74, 6) is 0.0625. The van der Waals surface area contributed by atoms with E-state index in [2.05, 4.69) is 22.3 Å². The minimum absolute atomic E-state index is 0.295. The molecule has 176 valence electrons. The number of aliphatic hydroxyl groups excluding tert-OH is 1. The minimum Gasteiger partial charge on any atom is -0.464 e. The van der Waals surface area contributed by atoms with Crippen LogP contribution in [-0.2, 0) is 4.79 Å². The molecule has 0 aromatic carbocycles. The standard InChI is InChI=1S/C24H31F3N2O3/c25-24(26,27)22(30)23(31)28-19-9-7-16(8-10-19)11-13-29-12-2-1-5-20(29)18-14-17-4-3-6-21(17)32-15-18/h3-4,6,14-16,19-20,22,30H,1-2,5,7-13H2,(H,28,31)/t16-,19-,20?,22?. The van der Waals surface area contributed by atoms with Gasteiger partial charge in [-0.25, -0.2) is 0 Å². The molecule has 0 spiro atoms. The fourth-order valence-electron chi connectivity index (χ4n) is 5.17. The summed E-state index contributed by atoms with van der Waals surface area (Å²) in [6.45, 7) is 2.04. The first-order valence-electron chi connectivity index (χ1n) is 11.6. The molecule has 4 rings (SSSR count). The number of carbonyl (C=O) groups is 1. The summed E-state index contributed by atoms with van der Waals surface area (Å²) in [5.41, 5.74) is 2.35. The number of piperidine rings is 1. The van der Waals surface area contributed by atoms with E-state index in [0.29, 0.717) is 24.8 Å². The third-order valence-electron chi connectivity index (χ3n) is 7.03. The quantitative estimate of drug-likeness (QED) is 0.654. The molecule has 2 aliphatic carbocycles. The number of aliphatic hydroxyl groups is 1. The number of rotatable bonds is 6. The highest BCUT2D eigenvalue weighted by molar-refractivity contribution is 5.81. The molecule has 1 saturated heterocycles. The summed E-state index contributed by atoms with van der Waals surface area (Å²) in [5, 5.41) is 11.4. The molecule has 4 aliphatic rings. The van der Waals surface area contributed by atoms with Gasteiger partial charge in [0.15, 0.2) is 0 Å². The Morgan fingerprint density at radius 1 is 1.19 bits per heavy atom. The largest absolute Gasteiger partial charge is 0.464 e. The molecule has 32 heavy (non-hydrogen) atoms. The first kappa shape index (κ1) is 23.1. The van der Waals surface area contributed by atoms with Gasteiger partial charge in [0.2, 0.25) is 6.10 Å². The lowest BCUT2D eigenvalue weighted by Crippen LogP contribution is -2.48. The van der Waals surface area contributed by atoms with Crippen LogP contribution in [0.25, 0.3) is 11.3 Å². The third-order valence-corrected chi connectivity index (χ3v) is 7.03. The van der Waals surface area contributed by atoms with E-state index in [-0.39, 0.29) is 6.04 Å². The molecule has 0 radical (unpaired) electrons. The average molecular weight is 453 g/mol. The maximum absolute atomic E-state index is 12.5. The molecule has 2 N–H and O–H groups in total. The molecule has 2 unspecified atom stereocenters. The van der Waals surface area contributed by atoms with Crippen molar-refractivity contribution in [2.45, 2.75) is 75.7 Å². The van der Waals surface area contributed by atoms with Crippen LogP contribution in [0.2, 0.25) is 0 Å². The second-order valence-electron chi connectivity index (χ2n) is 9.23. The van der Waals surface area contributed by atoms with Gasteiger partial charge in [0.25, 0.3) is 5.91 Å². The molecule has 2 heterocycles. The third kappa shape index (κ3) is 5.46. The number of fused-ring (bicyclic) bond motifs is 1. The predicted octanol–water partition coefficient (Wildman–Crippen LogP) is 4.90. The number of nitrogens with one attached hydrogen (secondary N) is 1. The molecule has 8 heteroatoms. The predicted molar refractivity (Wildman–Crippen MR) is 114 cm³/mol. The molecule has 1 saturated carbocycles. The lowest BCUT2D eigenvalue weighted by molar-refractivity contribution is -0.205. The number of carbonyl (C=O) groups excluding carboxylic acids is 1. The fourth-order valence-corrected chi connectivity index (χ4v) is 5.17. The summed E-state index contributed by atoms with van der Waals surface area (Å²) in [4.78, 5) is 14.1. The Kier molecular flexibility index (Phi) is 7.10. The monoisotopic (exact) mass is 452 g/mol. The van der Waals surface area contributed by atoms with Gasteiger partial charge in [-0.2, -0.15) is 13.2 Å². The molecule has 5 nitrogen and oxygen atoms in total. The van der Waals surface area contributed by atoms with Crippen LogP contribution in [0, 0.1) is 5.92 Å². The van der Waals surface area contributed by atoms with E-state index in [1.807, 2.05) is 18.4 Å². The number of amides is 1. The summed E-state index contributed by atoms with van der Waals surface area (Å²) >= 11 is 0. The molecular formula is C24H31F3N2O3. The van der Waals surface area contributed by atoms with Crippen LogP contribution >= 0.6 is 0 Å². The zero-order chi connectivity index (χ0) is 22.7. The van der Waals surface area contributed by atoms with E-state index < -0.39 is 18.2 Å². The number of likely N-dealkylation sites (tertiary alicyclic amines) is 1. The van der Waals surface area contributed by atoms with Gasteiger partial charge in [0.1, 0.15) is 5.76 Å². The van der Waals surface area contributed by atoms with E-state index >= 15 is 0 Å². The second-order valence-corrected chi connectivity index (χ2v) is 9.23. The van der Waals surface area contributed by atoms with Crippen LogP contribution in [0.4, 0.5) is 13.2 Å². The molecule has 0 aromatic heterocycles. The van der Waals surface area contributed by atoms with E-state index in [0.717, 1.165) is 50.1 Å². The average Bonchev–Trinajstić information content (AvgIpc) is 3.25. The Hall–Kier alpha value is -2.06. The Labute approximate surface area is 186 Å². The van der Waals surface area contributed by atoms with Gasteiger partial charge in [-0.3, -0.25) is 9.69 Å². The van der Waals surface area contributed by atoms with Crippen molar-refractivity contribution in [2.24, 2.45) is 5.92 Å². The van der Waals surface area contributed by atoms with Crippen LogP contribution < -0.4 is 5.32 Å². The van der Waals surface area contributed by atoms with E-state index in [9.17, 15) is 18.0 Å². The smallest absolute Gasteiger partial charge is 0.423 e. The zero-order valence-electron chi connectivity index (χ0n) is 18.1. The van der Waals surface area contributed by atoms with Crippen molar-refractivity contribution in [3.8, 4) is 11.3 Å². The molecule has 0 bridgehead atoms. The lowest BCUT2D eigenvalue weighted by atomic mass is 9.83. The van der Waals surface area contributed by atoms with Crippen LogP contribution in [-0.4, -0.2) is 47.3 Å². The highest BCUT2D eigenvalue weighted by Crippen LogP contribution is 2.36. The summed E-state index contributed by atoms with van der Waals surface area (Å²) in [6.07, 6.45) is 1.60. The van der Waals surface area contributed by atoms with Crippen molar-refractivity contribution in [2.75, 3.05) is 13.1 Å². The number of alkyl halides is 3. The summed E-state index contributed by atoms with van der Waals surface area (Å²) < 4.78 is 43.3. The summed E-state index contributed by atoms with van der Waals surface area (Å²) in [7, 11) is 0. The van der Waals surface area contributed by atoms with E-state index in [4.69, 9.17) is 9.52 Å². The minimum atomic E-state index is -4.92. The molecule has 2 aliphatic heterocycles. The van der Waals surface area contributed by atoms with Crippen LogP contribution in [0.3, 0.4) is 0 Å². The topological polar surface area (TPSA) is 65.7 Å². The first-order chi connectivity index (χ1) is 15.3. The van der Waals surface area contributed by atoms with Gasteiger partial charge in [-0.05, 0) is 76.1 Å². The van der Waals surface area contributed by atoms with Crippen molar-refractivity contribution in [1.29, 1.82) is 0 Å². The molecule has 2 fully saturated rings. The second kappa shape index (κ2) is 9.83. The number of nitrogens with zero attached hydrogens (tertiary/aromatic N) is 1. The highest BCUT2D eigenvalue weighted by atomic mass is 19.4. The maximum atomic E-state index is 12.5. The zero-order valence-corrected chi connectivity index (χ0v) is 18.1. The Morgan fingerprint density at radius 3 is 2.72 bits per heavy atom. The lowest BCUT2D eigenvalue weighted by Gasteiger charge is -2.37. The molecular weight excluding hydrogens is 421 g/mol. The van der Waals surface area contributed by atoms with Gasteiger partial charge in [-0.15, -0.1) is 0 Å². The van der Waals surface area contributed by atoms with Crippen molar-refractivity contribution < 1.29 is 27.5 Å². The molecule has 0 aromatic rings. The van der Waals surface area contributed by atoms with Crippen LogP contribution in [0.5, 0.6) is 0 Å². The summed E-state index contributed by atoms with van der Waals surface area (Å²) in [6, 6.07) is 8.33.